The fourth-order valence-electron chi connectivity index (χ4n) is 2.17. The molecule has 1 atom stereocenters. The number of sulfonamides is 1. The minimum Gasteiger partial charge on any atom is -0.481 e. The summed E-state index contributed by atoms with van der Waals surface area (Å²) in [6.07, 6.45) is -0.707. The SMILES string of the molecule is CC(Oc1ccc(Br)cc1)C(=O)Nc1ccc(S(=O)(=O)N(C)C(C)C)cc1. The molecule has 6 nitrogen and oxygen atoms in total. The van der Waals surface area contributed by atoms with Gasteiger partial charge in [0.15, 0.2) is 6.10 Å². The van der Waals surface area contributed by atoms with E-state index >= 15 is 0 Å². The first-order chi connectivity index (χ1) is 12.6. The monoisotopic (exact) mass is 454 g/mol. The third-order valence-corrected chi connectivity index (χ3v) is 6.60. The van der Waals surface area contributed by atoms with Crippen molar-refractivity contribution in [2.45, 2.75) is 37.8 Å². The van der Waals surface area contributed by atoms with Crippen molar-refractivity contribution in [1.82, 2.24) is 4.31 Å². The van der Waals surface area contributed by atoms with Crippen molar-refractivity contribution in [3.8, 4) is 5.75 Å². The number of halogens is 1. The van der Waals surface area contributed by atoms with Gasteiger partial charge in [0.1, 0.15) is 5.75 Å². The van der Waals surface area contributed by atoms with E-state index in [-0.39, 0.29) is 16.8 Å². The molecule has 0 fully saturated rings. The van der Waals surface area contributed by atoms with Gasteiger partial charge in [0.2, 0.25) is 10.0 Å². The van der Waals surface area contributed by atoms with Crippen LogP contribution in [-0.4, -0.2) is 37.8 Å². The van der Waals surface area contributed by atoms with Crippen LogP contribution in [0.15, 0.2) is 57.9 Å². The second-order valence-electron chi connectivity index (χ2n) is 6.34. The van der Waals surface area contributed by atoms with Gasteiger partial charge in [-0.1, -0.05) is 15.9 Å². The van der Waals surface area contributed by atoms with Gasteiger partial charge in [-0.05, 0) is 69.3 Å². The number of benzene rings is 2. The third kappa shape index (κ3) is 5.54. The summed E-state index contributed by atoms with van der Waals surface area (Å²) in [5.74, 6) is 0.256. The Labute approximate surface area is 168 Å². The molecule has 0 aromatic heterocycles. The third-order valence-electron chi connectivity index (χ3n) is 4.02. The van der Waals surface area contributed by atoms with Crippen LogP contribution in [-0.2, 0) is 14.8 Å². The number of anilines is 1. The summed E-state index contributed by atoms with van der Waals surface area (Å²) in [6.45, 7) is 5.26. The number of amides is 1. The summed E-state index contributed by atoms with van der Waals surface area (Å²) in [4.78, 5) is 12.5. The molecule has 0 aliphatic rings. The first-order valence-electron chi connectivity index (χ1n) is 8.42. The fraction of sp³-hybridized carbons (Fsp3) is 0.316. The van der Waals surface area contributed by atoms with E-state index < -0.39 is 16.1 Å². The van der Waals surface area contributed by atoms with Crippen molar-refractivity contribution in [3.63, 3.8) is 0 Å². The normalized spacial score (nSPS) is 12.9. The Kier molecular flexibility index (Phi) is 7.02. The lowest BCUT2D eigenvalue weighted by molar-refractivity contribution is -0.122. The molecule has 0 bridgehead atoms. The van der Waals surface area contributed by atoms with Gasteiger partial charge in [-0.2, -0.15) is 4.31 Å². The second-order valence-corrected chi connectivity index (χ2v) is 9.26. The summed E-state index contributed by atoms with van der Waals surface area (Å²) in [6, 6.07) is 13.1. The quantitative estimate of drug-likeness (QED) is 0.688. The van der Waals surface area contributed by atoms with Gasteiger partial charge in [0, 0.05) is 23.2 Å². The Balaban J connectivity index is 2.03. The van der Waals surface area contributed by atoms with E-state index in [4.69, 9.17) is 4.74 Å². The molecule has 1 N–H and O–H groups in total. The van der Waals surface area contributed by atoms with Crippen LogP contribution in [0.5, 0.6) is 5.75 Å². The van der Waals surface area contributed by atoms with E-state index in [0.717, 1.165) is 4.47 Å². The van der Waals surface area contributed by atoms with Crippen LogP contribution in [0.1, 0.15) is 20.8 Å². The van der Waals surface area contributed by atoms with Gasteiger partial charge in [0.05, 0.1) is 4.90 Å². The van der Waals surface area contributed by atoms with Crippen LogP contribution < -0.4 is 10.1 Å². The Morgan fingerprint density at radius 3 is 2.11 bits per heavy atom. The number of nitrogens with one attached hydrogen (secondary N) is 1. The minimum absolute atomic E-state index is 0.147. The number of nitrogens with zero attached hydrogens (tertiary/aromatic N) is 1. The van der Waals surface area contributed by atoms with Crippen LogP contribution >= 0.6 is 15.9 Å². The number of carbonyl (C=O) groups excluding carboxylic acids is 1. The average molecular weight is 455 g/mol. The lowest BCUT2D eigenvalue weighted by Crippen LogP contribution is -2.33. The van der Waals surface area contributed by atoms with E-state index in [9.17, 15) is 13.2 Å². The van der Waals surface area contributed by atoms with Crippen LogP contribution in [0, 0.1) is 0 Å². The first kappa shape index (κ1) is 21.4. The van der Waals surface area contributed by atoms with E-state index in [1.54, 1.807) is 45.0 Å². The van der Waals surface area contributed by atoms with Gasteiger partial charge in [-0.3, -0.25) is 4.79 Å². The molecule has 0 radical (unpaired) electrons. The van der Waals surface area contributed by atoms with Crippen molar-refractivity contribution < 1.29 is 17.9 Å². The van der Waals surface area contributed by atoms with Gasteiger partial charge >= 0.3 is 0 Å². The van der Waals surface area contributed by atoms with Crippen LogP contribution in [0.2, 0.25) is 0 Å². The molecule has 0 spiro atoms. The maximum atomic E-state index is 12.5. The van der Waals surface area contributed by atoms with Crippen molar-refractivity contribution >= 4 is 37.5 Å². The highest BCUT2D eigenvalue weighted by Gasteiger charge is 2.23. The van der Waals surface area contributed by atoms with Crippen molar-refractivity contribution in [1.29, 1.82) is 0 Å². The zero-order valence-electron chi connectivity index (χ0n) is 15.6. The Morgan fingerprint density at radius 2 is 1.59 bits per heavy atom. The zero-order chi connectivity index (χ0) is 20.2. The molecule has 27 heavy (non-hydrogen) atoms. The minimum atomic E-state index is -3.55. The molecular formula is C19H23BrN2O4S. The lowest BCUT2D eigenvalue weighted by Gasteiger charge is -2.21. The average Bonchev–Trinajstić information content (AvgIpc) is 2.63. The predicted octanol–water partition coefficient (Wildman–Crippen LogP) is 3.88. The first-order valence-corrected chi connectivity index (χ1v) is 10.7. The number of carbonyl (C=O) groups is 1. The zero-order valence-corrected chi connectivity index (χ0v) is 18.0. The van der Waals surface area contributed by atoms with Gasteiger partial charge in [-0.15, -0.1) is 0 Å². The Bertz CT molecular complexity index is 881. The lowest BCUT2D eigenvalue weighted by atomic mass is 10.3. The fourth-order valence-corrected chi connectivity index (χ4v) is 3.80. The maximum Gasteiger partial charge on any atom is 0.265 e. The molecule has 0 aliphatic heterocycles. The molecule has 0 saturated heterocycles. The topological polar surface area (TPSA) is 75.7 Å². The Hall–Kier alpha value is -1.90. The largest absolute Gasteiger partial charge is 0.481 e. The van der Waals surface area contributed by atoms with Gasteiger partial charge in [-0.25, -0.2) is 8.42 Å². The summed E-state index contributed by atoms with van der Waals surface area (Å²) >= 11 is 3.34. The van der Waals surface area contributed by atoms with Crippen LogP contribution in [0.25, 0.3) is 0 Å². The standard InChI is InChI=1S/C19H23BrN2O4S/c1-13(2)22(4)27(24,25)18-11-7-16(8-12-18)21-19(23)14(3)26-17-9-5-15(20)6-10-17/h5-14H,1-4H3,(H,21,23). The summed E-state index contributed by atoms with van der Waals surface area (Å²) in [5, 5.41) is 2.72. The number of ether oxygens (including phenoxy) is 1. The highest BCUT2D eigenvalue weighted by Crippen LogP contribution is 2.20. The number of rotatable bonds is 7. The second kappa shape index (κ2) is 8.86. The molecule has 1 unspecified atom stereocenters. The van der Waals surface area contributed by atoms with Gasteiger partial charge in [0.25, 0.3) is 5.91 Å². The van der Waals surface area contributed by atoms with E-state index in [1.807, 2.05) is 12.1 Å². The Morgan fingerprint density at radius 1 is 1.04 bits per heavy atom. The van der Waals surface area contributed by atoms with E-state index in [1.165, 1.54) is 23.5 Å². The highest BCUT2D eigenvalue weighted by atomic mass is 79.9. The predicted molar refractivity (Wildman–Crippen MR) is 109 cm³/mol. The molecule has 1 amide bonds. The molecule has 0 aliphatic carbocycles. The molecule has 2 aromatic carbocycles. The van der Waals surface area contributed by atoms with E-state index in [0.29, 0.717) is 11.4 Å². The molecule has 0 saturated carbocycles. The van der Waals surface area contributed by atoms with Crippen LogP contribution in [0.3, 0.4) is 0 Å². The molecule has 8 heteroatoms. The molecule has 0 heterocycles. The summed E-state index contributed by atoms with van der Waals surface area (Å²) < 4.78 is 32.7. The molecular weight excluding hydrogens is 432 g/mol. The molecule has 2 rings (SSSR count). The smallest absolute Gasteiger partial charge is 0.265 e. The molecule has 2 aromatic rings. The summed E-state index contributed by atoms with van der Waals surface area (Å²) in [7, 11) is -2.01. The maximum absolute atomic E-state index is 12.5. The van der Waals surface area contributed by atoms with Crippen LogP contribution in [0.4, 0.5) is 5.69 Å². The van der Waals surface area contributed by atoms with Crippen molar-refractivity contribution in [2.24, 2.45) is 0 Å². The highest BCUT2D eigenvalue weighted by molar-refractivity contribution is 9.10. The van der Waals surface area contributed by atoms with Crippen molar-refractivity contribution in [3.05, 3.63) is 53.0 Å². The van der Waals surface area contributed by atoms with E-state index in [2.05, 4.69) is 21.2 Å². The van der Waals surface area contributed by atoms with Crippen molar-refractivity contribution in [2.75, 3.05) is 12.4 Å². The molecule has 146 valence electrons. The van der Waals surface area contributed by atoms with Gasteiger partial charge < -0.3 is 10.1 Å². The number of hydrogen-bond donors (Lipinski definition) is 1. The number of hydrogen-bond acceptors (Lipinski definition) is 4. The summed E-state index contributed by atoms with van der Waals surface area (Å²) in [5.41, 5.74) is 0.498.